The molecule has 1 aromatic carbocycles. The smallest absolute Gasteiger partial charge is 0.252 e. The van der Waals surface area contributed by atoms with Crippen molar-refractivity contribution in [2.24, 2.45) is 0 Å². The fraction of sp³-hybridized carbons (Fsp3) is 0.278. The Balaban J connectivity index is 1.62. The molecule has 0 spiro atoms. The molecule has 0 aliphatic rings. The van der Waals surface area contributed by atoms with Crippen LogP contribution in [0.3, 0.4) is 0 Å². The molecule has 138 valence electrons. The molecule has 0 fully saturated rings. The SMILES string of the molecule is Cc1cc(Br)ccc1NC(=O)CNC(=O)CCCNC(=O)c1ccsc1. The number of benzene rings is 1. The highest BCUT2D eigenvalue weighted by atomic mass is 79.9. The lowest BCUT2D eigenvalue weighted by molar-refractivity contribution is -0.124. The highest BCUT2D eigenvalue weighted by molar-refractivity contribution is 9.10. The molecular formula is C18H20BrN3O3S. The van der Waals surface area contributed by atoms with Crippen LogP contribution in [0.15, 0.2) is 39.5 Å². The van der Waals surface area contributed by atoms with E-state index >= 15 is 0 Å². The predicted molar refractivity (Wildman–Crippen MR) is 106 cm³/mol. The molecule has 8 heteroatoms. The van der Waals surface area contributed by atoms with E-state index in [0.29, 0.717) is 24.2 Å². The maximum atomic E-state index is 11.9. The van der Waals surface area contributed by atoms with Crippen LogP contribution >= 0.6 is 27.3 Å². The fourth-order valence-corrected chi connectivity index (χ4v) is 3.29. The van der Waals surface area contributed by atoms with Gasteiger partial charge in [0.1, 0.15) is 0 Å². The second-order valence-electron chi connectivity index (χ2n) is 5.66. The summed E-state index contributed by atoms with van der Waals surface area (Å²) < 4.78 is 0.937. The van der Waals surface area contributed by atoms with E-state index < -0.39 is 0 Å². The lowest BCUT2D eigenvalue weighted by atomic mass is 10.2. The average Bonchev–Trinajstić information content (AvgIpc) is 3.14. The van der Waals surface area contributed by atoms with Crippen molar-refractivity contribution >= 4 is 50.7 Å². The predicted octanol–water partition coefficient (Wildman–Crippen LogP) is 3.08. The third kappa shape index (κ3) is 6.61. The van der Waals surface area contributed by atoms with Crippen LogP contribution in [0.1, 0.15) is 28.8 Å². The Morgan fingerprint density at radius 2 is 1.92 bits per heavy atom. The fourth-order valence-electron chi connectivity index (χ4n) is 2.18. The van der Waals surface area contributed by atoms with Gasteiger partial charge < -0.3 is 16.0 Å². The molecule has 0 aliphatic heterocycles. The third-order valence-electron chi connectivity index (χ3n) is 3.56. The number of carbonyl (C=O) groups excluding carboxylic acids is 3. The van der Waals surface area contributed by atoms with Gasteiger partial charge in [-0.05, 0) is 48.6 Å². The number of aryl methyl sites for hydroxylation is 1. The van der Waals surface area contributed by atoms with Crippen molar-refractivity contribution in [3.8, 4) is 0 Å². The molecule has 26 heavy (non-hydrogen) atoms. The second-order valence-corrected chi connectivity index (χ2v) is 7.35. The van der Waals surface area contributed by atoms with Crippen molar-refractivity contribution in [2.75, 3.05) is 18.4 Å². The van der Waals surface area contributed by atoms with E-state index in [1.807, 2.05) is 24.4 Å². The van der Waals surface area contributed by atoms with Gasteiger partial charge in [0, 0.05) is 34.1 Å². The number of thiophene rings is 1. The van der Waals surface area contributed by atoms with Crippen LogP contribution in [0.25, 0.3) is 0 Å². The molecular weight excluding hydrogens is 418 g/mol. The molecule has 0 aliphatic carbocycles. The van der Waals surface area contributed by atoms with Crippen LogP contribution in [0, 0.1) is 6.92 Å². The molecule has 0 saturated carbocycles. The maximum Gasteiger partial charge on any atom is 0.252 e. The molecule has 6 nitrogen and oxygen atoms in total. The van der Waals surface area contributed by atoms with Crippen molar-refractivity contribution in [2.45, 2.75) is 19.8 Å². The number of amides is 3. The molecule has 2 rings (SSSR count). The summed E-state index contributed by atoms with van der Waals surface area (Å²) >= 11 is 4.82. The van der Waals surface area contributed by atoms with Gasteiger partial charge in [-0.25, -0.2) is 0 Å². The zero-order chi connectivity index (χ0) is 18.9. The van der Waals surface area contributed by atoms with Crippen LogP contribution in [0.5, 0.6) is 0 Å². The van der Waals surface area contributed by atoms with Crippen LogP contribution in [0.2, 0.25) is 0 Å². The van der Waals surface area contributed by atoms with Gasteiger partial charge in [-0.3, -0.25) is 14.4 Å². The summed E-state index contributed by atoms with van der Waals surface area (Å²) in [5, 5.41) is 11.7. The van der Waals surface area contributed by atoms with Gasteiger partial charge in [0.15, 0.2) is 0 Å². The Kier molecular flexibility index (Phi) is 7.80. The van der Waals surface area contributed by atoms with E-state index in [-0.39, 0.29) is 30.7 Å². The summed E-state index contributed by atoms with van der Waals surface area (Å²) in [6, 6.07) is 7.29. The molecule has 1 heterocycles. The summed E-state index contributed by atoms with van der Waals surface area (Å²) in [5.74, 6) is -0.650. The lowest BCUT2D eigenvalue weighted by Gasteiger charge is -2.10. The summed E-state index contributed by atoms with van der Waals surface area (Å²) in [6.07, 6.45) is 0.754. The molecule has 3 amide bonds. The minimum Gasteiger partial charge on any atom is -0.352 e. The van der Waals surface area contributed by atoms with Gasteiger partial charge in [0.2, 0.25) is 11.8 Å². The van der Waals surface area contributed by atoms with E-state index in [0.717, 1.165) is 10.0 Å². The molecule has 0 saturated heterocycles. The first-order chi connectivity index (χ1) is 12.5. The first-order valence-corrected chi connectivity index (χ1v) is 9.82. The van der Waals surface area contributed by atoms with E-state index in [2.05, 4.69) is 31.9 Å². The molecule has 0 bridgehead atoms. The zero-order valence-corrected chi connectivity index (χ0v) is 16.7. The highest BCUT2D eigenvalue weighted by Crippen LogP contribution is 2.19. The van der Waals surface area contributed by atoms with Crippen LogP contribution in [-0.2, 0) is 9.59 Å². The number of hydrogen-bond donors (Lipinski definition) is 3. The van der Waals surface area contributed by atoms with E-state index in [1.165, 1.54) is 11.3 Å². The Morgan fingerprint density at radius 1 is 1.12 bits per heavy atom. The van der Waals surface area contributed by atoms with E-state index in [4.69, 9.17) is 0 Å². The molecule has 3 N–H and O–H groups in total. The standard InChI is InChI=1S/C18H20BrN3O3S/c1-12-9-14(19)4-5-15(12)22-17(24)10-21-16(23)3-2-7-20-18(25)13-6-8-26-11-13/h4-6,8-9,11H,2-3,7,10H2,1H3,(H,20,25)(H,21,23)(H,22,24). The van der Waals surface area contributed by atoms with E-state index in [1.54, 1.807) is 17.5 Å². The second kappa shape index (κ2) is 10.1. The van der Waals surface area contributed by atoms with Gasteiger partial charge in [-0.15, -0.1) is 0 Å². The lowest BCUT2D eigenvalue weighted by Crippen LogP contribution is -2.33. The number of nitrogens with one attached hydrogen (secondary N) is 3. The molecule has 0 unspecified atom stereocenters. The number of rotatable bonds is 8. The Hall–Kier alpha value is -2.19. The normalized spacial score (nSPS) is 10.2. The van der Waals surface area contributed by atoms with E-state index in [9.17, 15) is 14.4 Å². The molecule has 1 aromatic heterocycles. The third-order valence-corrected chi connectivity index (χ3v) is 4.73. The monoisotopic (exact) mass is 437 g/mol. The van der Waals surface area contributed by atoms with Gasteiger partial charge >= 0.3 is 0 Å². The number of anilines is 1. The summed E-state index contributed by atoms with van der Waals surface area (Å²) in [5.41, 5.74) is 2.27. The average molecular weight is 438 g/mol. The maximum absolute atomic E-state index is 11.9. The topological polar surface area (TPSA) is 87.3 Å². The Bertz CT molecular complexity index is 778. The Morgan fingerprint density at radius 3 is 2.62 bits per heavy atom. The van der Waals surface area contributed by atoms with Crippen LogP contribution in [0.4, 0.5) is 5.69 Å². The molecule has 0 atom stereocenters. The van der Waals surface area contributed by atoms with Crippen molar-refractivity contribution in [1.29, 1.82) is 0 Å². The van der Waals surface area contributed by atoms with Gasteiger partial charge in [-0.2, -0.15) is 11.3 Å². The van der Waals surface area contributed by atoms with Crippen molar-refractivity contribution < 1.29 is 14.4 Å². The Labute approximate surface area is 164 Å². The number of carbonyl (C=O) groups is 3. The quantitative estimate of drug-likeness (QED) is 0.554. The van der Waals surface area contributed by atoms with Gasteiger partial charge in [0.25, 0.3) is 5.91 Å². The first kappa shape index (κ1) is 20.1. The summed E-state index contributed by atoms with van der Waals surface area (Å²) in [6.45, 7) is 2.21. The van der Waals surface area contributed by atoms with Gasteiger partial charge in [0.05, 0.1) is 6.54 Å². The number of halogens is 1. The summed E-state index contributed by atoms with van der Waals surface area (Å²) in [7, 11) is 0. The zero-order valence-electron chi connectivity index (χ0n) is 14.3. The number of hydrogen-bond acceptors (Lipinski definition) is 4. The van der Waals surface area contributed by atoms with Gasteiger partial charge in [-0.1, -0.05) is 15.9 Å². The van der Waals surface area contributed by atoms with Crippen molar-refractivity contribution in [1.82, 2.24) is 10.6 Å². The molecule has 0 radical (unpaired) electrons. The van der Waals surface area contributed by atoms with Crippen LogP contribution < -0.4 is 16.0 Å². The van der Waals surface area contributed by atoms with Crippen molar-refractivity contribution in [3.63, 3.8) is 0 Å². The first-order valence-electron chi connectivity index (χ1n) is 8.09. The summed E-state index contributed by atoms with van der Waals surface area (Å²) in [4.78, 5) is 35.4. The minimum atomic E-state index is -0.283. The molecule has 2 aromatic rings. The van der Waals surface area contributed by atoms with Crippen molar-refractivity contribution in [3.05, 3.63) is 50.6 Å². The highest BCUT2D eigenvalue weighted by Gasteiger charge is 2.09. The largest absolute Gasteiger partial charge is 0.352 e. The minimum absolute atomic E-state index is 0.0877. The van der Waals surface area contributed by atoms with Crippen LogP contribution in [-0.4, -0.2) is 30.8 Å².